The van der Waals surface area contributed by atoms with Gasteiger partial charge in [-0.2, -0.15) is 0 Å². The van der Waals surface area contributed by atoms with Crippen LogP contribution in [0.1, 0.15) is 12.5 Å². The molecule has 2 aromatic heterocycles. The standard InChI is InChI=1S/C26H21N3O3/c1-17(30)16-29-25(19-7-3-2-4-8-19)28-15-22(26(29)31)27-14-18-11-12-21-20-9-5-6-10-23(20)32-24(21)13-18/h2-13,15,27H,14,16H2,1H3. The van der Waals surface area contributed by atoms with Crippen molar-refractivity contribution >= 4 is 33.4 Å². The number of carbonyl (C=O) groups excluding carboxylic acids is 1. The van der Waals surface area contributed by atoms with Crippen LogP contribution >= 0.6 is 0 Å². The number of benzene rings is 3. The van der Waals surface area contributed by atoms with Crippen molar-refractivity contribution in [2.24, 2.45) is 0 Å². The molecule has 0 saturated carbocycles. The number of para-hydroxylation sites is 1. The highest BCUT2D eigenvalue weighted by Crippen LogP contribution is 2.29. The minimum atomic E-state index is -0.279. The van der Waals surface area contributed by atoms with Crippen LogP contribution in [-0.2, 0) is 17.9 Å². The molecule has 5 rings (SSSR count). The predicted molar refractivity (Wildman–Crippen MR) is 126 cm³/mol. The lowest BCUT2D eigenvalue weighted by molar-refractivity contribution is -0.117. The van der Waals surface area contributed by atoms with E-state index in [2.05, 4.69) is 10.3 Å². The predicted octanol–water partition coefficient (Wildman–Crippen LogP) is 5.01. The number of hydrogen-bond donors (Lipinski definition) is 1. The maximum absolute atomic E-state index is 13.1. The molecule has 0 bridgehead atoms. The molecule has 0 unspecified atom stereocenters. The molecule has 0 atom stereocenters. The zero-order valence-corrected chi connectivity index (χ0v) is 17.5. The Morgan fingerprint density at radius 2 is 1.72 bits per heavy atom. The Morgan fingerprint density at radius 1 is 0.969 bits per heavy atom. The number of nitrogens with zero attached hydrogens (tertiary/aromatic N) is 2. The quantitative estimate of drug-likeness (QED) is 0.415. The molecule has 6 nitrogen and oxygen atoms in total. The second kappa shape index (κ2) is 8.15. The molecule has 0 aliphatic carbocycles. The Bertz CT molecular complexity index is 1500. The molecule has 6 heteroatoms. The van der Waals surface area contributed by atoms with Gasteiger partial charge in [-0.3, -0.25) is 14.2 Å². The van der Waals surface area contributed by atoms with Crippen molar-refractivity contribution in [2.75, 3.05) is 5.32 Å². The van der Waals surface area contributed by atoms with Crippen LogP contribution in [0.4, 0.5) is 5.69 Å². The van der Waals surface area contributed by atoms with Gasteiger partial charge in [0.15, 0.2) is 0 Å². The maximum atomic E-state index is 13.1. The lowest BCUT2D eigenvalue weighted by atomic mass is 10.1. The summed E-state index contributed by atoms with van der Waals surface area (Å²) in [5.74, 6) is 0.360. The van der Waals surface area contributed by atoms with Crippen molar-refractivity contribution in [3.63, 3.8) is 0 Å². The van der Waals surface area contributed by atoms with E-state index in [4.69, 9.17) is 4.42 Å². The molecule has 2 heterocycles. The van der Waals surface area contributed by atoms with Crippen molar-refractivity contribution in [2.45, 2.75) is 20.0 Å². The monoisotopic (exact) mass is 423 g/mol. The number of anilines is 1. The molecule has 1 N–H and O–H groups in total. The van der Waals surface area contributed by atoms with E-state index in [-0.39, 0.29) is 17.9 Å². The normalized spacial score (nSPS) is 11.2. The molecule has 158 valence electrons. The van der Waals surface area contributed by atoms with Crippen LogP contribution in [0.15, 0.2) is 88.2 Å². The van der Waals surface area contributed by atoms with E-state index in [1.165, 1.54) is 17.7 Å². The Labute approximate surface area is 184 Å². The lowest BCUT2D eigenvalue weighted by Crippen LogP contribution is -2.28. The number of aromatic nitrogens is 2. The van der Waals surface area contributed by atoms with Crippen molar-refractivity contribution in [1.82, 2.24) is 9.55 Å². The van der Waals surface area contributed by atoms with Crippen LogP contribution < -0.4 is 10.9 Å². The maximum Gasteiger partial charge on any atom is 0.277 e. The van der Waals surface area contributed by atoms with Crippen LogP contribution in [0.2, 0.25) is 0 Å². The average molecular weight is 423 g/mol. The fourth-order valence-electron chi connectivity index (χ4n) is 3.88. The van der Waals surface area contributed by atoms with Gasteiger partial charge in [0, 0.05) is 22.9 Å². The van der Waals surface area contributed by atoms with E-state index in [1.54, 1.807) is 0 Å². The van der Waals surface area contributed by atoms with Crippen LogP contribution in [0.5, 0.6) is 0 Å². The minimum Gasteiger partial charge on any atom is -0.456 e. The molecule has 0 amide bonds. The lowest BCUT2D eigenvalue weighted by Gasteiger charge is -2.13. The summed E-state index contributed by atoms with van der Waals surface area (Å²) in [5, 5.41) is 5.31. The SMILES string of the molecule is CC(=O)Cn1c(-c2ccccc2)ncc(NCc2ccc3c(c2)oc2ccccc23)c1=O. The van der Waals surface area contributed by atoms with Crippen molar-refractivity contribution in [1.29, 1.82) is 0 Å². The second-order valence-corrected chi connectivity index (χ2v) is 7.74. The summed E-state index contributed by atoms with van der Waals surface area (Å²) in [7, 11) is 0. The van der Waals surface area contributed by atoms with Crippen LogP contribution in [0, 0.1) is 0 Å². The molecular formula is C26H21N3O3. The molecule has 0 saturated heterocycles. The molecule has 32 heavy (non-hydrogen) atoms. The summed E-state index contributed by atoms with van der Waals surface area (Å²) >= 11 is 0. The number of rotatable bonds is 6. The number of furan rings is 1. The molecule has 3 aromatic carbocycles. The van der Waals surface area contributed by atoms with Gasteiger partial charge in [0.1, 0.15) is 28.5 Å². The zero-order chi connectivity index (χ0) is 22.1. The average Bonchev–Trinajstić information content (AvgIpc) is 3.18. The van der Waals surface area contributed by atoms with E-state index >= 15 is 0 Å². The third-order valence-electron chi connectivity index (χ3n) is 5.39. The van der Waals surface area contributed by atoms with Gasteiger partial charge in [0.05, 0.1) is 12.7 Å². The summed E-state index contributed by atoms with van der Waals surface area (Å²) in [4.78, 5) is 29.4. The summed E-state index contributed by atoms with van der Waals surface area (Å²) < 4.78 is 7.37. The van der Waals surface area contributed by atoms with Crippen molar-refractivity contribution < 1.29 is 9.21 Å². The van der Waals surface area contributed by atoms with Crippen molar-refractivity contribution in [3.05, 3.63) is 94.9 Å². The summed E-state index contributed by atoms with van der Waals surface area (Å²) in [6.07, 6.45) is 1.53. The van der Waals surface area contributed by atoms with Crippen molar-refractivity contribution in [3.8, 4) is 11.4 Å². The highest BCUT2D eigenvalue weighted by atomic mass is 16.3. The smallest absolute Gasteiger partial charge is 0.277 e. The zero-order valence-electron chi connectivity index (χ0n) is 17.5. The third kappa shape index (κ3) is 3.67. The molecule has 0 radical (unpaired) electrons. The minimum absolute atomic E-state index is 0.0312. The number of fused-ring (bicyclic) bond motifs is 3. The van der Waals surface area contributed by atoms with E-state index < -0.39 is 0 Å². The van der Waals surface area contributed by atoms with Crippen LogP contribution in [-0.4, -0.2) is 15.3 Å². The molecule has 0 fully saturated rings. The number of Topliss-reactive ketones (excluding diaryl/α,β-unsaturated/α-hetero) is 1. The number of carbonyl (C=O) groups is 1. The van der Waals surface area contributed by atoms with Gasteiger partial charge in [0.25, 0.3) is 5.56 Å². The van der Waals surface area contributed by atoms with E-state index in [0.717, 1.165) is 33.1 Å². The van der Waals surface area contributed by atoms with E-state index in [1.807, 2.05) is 72.8 Å². The first-order valence-corrected chi connectivity index (χ1v) is 10.4. The van der Waals surface area contributed by atoms with Gasteiger partial charge >= 0.3 is 0 Å². The molecule has 0 aliphatic rings. The molecular weight excluding hydrogens is 402 g/mol. The van der Waals surface area contributed by atoms with Crippen LogP contribution in [0.25, 0.3) is 33.3 Å². The van der Waals surface area contributed by atoms with E-state index in [9.17, 15) is 9.59 Å². The number of hydrogen-bond acceptors (Lipinski definition) is 5. The summed E-state index contributed by atoms with van der Waals surface area (Å²) in [5.41, 5.74) is 3.47. The van der Waals surface area contributed by atoms with E-state index in [0.29, 0.717) is 18.1 Å². The Hall–Kier alpha value is -4.19. The molecule has 0 aliphatic heterocycles. The van der Waals surface area contributed by atoms with Gasteiger partial charge < -0.3 is 9.73 Å². The van der Waals surface area contributed by atoms with Gasteiger partial charge in [0.2, 0.25) is 0 Å². The topological polar surface area (TPSA) is 77.1 Å². The second-order valence-electron chi connectivity index (χ2n) is 7.74. The fourth-order valence-corrected chi connectivity index (χ4v) is 3.88. The fraction of sp³-hybridized carbons (Fsp3) is 0.115. The van der Waals surface area contributed by atoms with Gasteiger partial charge in [-0.05, 0) is 24.6 Å². The van der Waals surface area contributed by atoms with Gasteiger partial charge in [-0.1, -0.05) is 60.7 Å². The first-order chi connectivity index (χ1) is 15.6. The Balaban J connectivity index is 1.45. The third-order valence-corrected chi connectivity index (χ3v) is 5.39. The number of nitrogens with one attached hydrogen (secondary N) is 1. The highest BCUT2D eigenvalue weighted by Gasteiger charge is 2.14. The molecule has 5 aromatic rings. The summed E-state index contributed by atoms with van der Waals surface area (Å²) in [6, 6.07) is 23.3. The van der Waals surface area contributed by atoms with Gasteiger partial charge in [-0.15, -0.1) is 0 Å². The highest BCUT2D eigenvalue weighted by molar-refractivity contribution is 6.04. The Morgan fingerprint density at radius 3 is 2.53 bits per heavy atom. The van der Waals surface area contributed by atoms with Gasteiger partial charge in [-0.25, -0.2) is 4.98 Å². The first kappa shape index (κ1) is 19.8. The van der Waals surface area contributed by atoms with Crippen LogP contribution in [0.3, 0.4) is 0 Å². The molecule has 0 spiro atoms. The Kier molecular flexibility index (Phi) is 5.03. The first-order valence-electron chi connectivity index (χ1n) is 10.4. The largest absolute Gasteiger partial charge is 0.456 e. The summed E-state index contributed by atoms with van der Waals surface area (Å²) in [6.45, 7) is 1.86. The number of ketones is 1.